The van der Waals surface area contributed by atoms with E-state index in [0.717, 1.165) is 25.8 Å². The number of amides is 1. The van der Waals surface area contributed by atoms with Crippen LogP contribution < -0.4 is 10.6 Å². The van der Waals surface area contributed by atoms with Gasteiger partial charge in [-0.15, -0.1) is 0 Å². The van der Waals surface area contributed by atoms with Gasteiger partial charge in [0.2, 0.25) is 5.91 Å². The van der Waals surface area contributed by atoms with Crippen LogP contribution in [0.4, 0.5) is 0 Å². The lowest BCUT2D eigenvalue weighted by atomic mass is 9.75. The molecule has 2 aliphatic rings. The topological polar surface area (TPSA) is 78.4 Å². The second-order valence-corrected chi connectivity index (χ2v) is 6.47. The van der Waals surface area contributed by atoms with Crippen molar-refractivity contribution in [2.45, 2.75) is 45.6 Å². The summed E-state index contributed by atoms with van der Waals surface area (Å²) >= 11 is 0. The van der Waals surface area contributed by atoms with Gasteiger partial charge in [-0.25, -0.2) is 4.79 Å². The summed E-state index contributed by atoms with van der Waals surface area (Å²) in [4.78, 5) is 24.1. The van der Waals surface area contributed by atoms with Gasteiger partial charge in [0.05, 0.1) is 5.41 Å². The van der Waals surface area contributed by atoms with E-state index >= 15 is 0 Å². The molecule has 2 rings (SSSR count). The van der Waals surface area contributed by atoms with Crippen LogP contribution in [0.3, 0.4) is 0 Å². The Hall–Kier alpha value is -1.10. The van der Waals surface area contributed by atoms with Crippen LogP contribution in [-0.4, -0.2) is 35.6 Å². The Morgan fingerprint density at radius 3 is 2.42 bits per heavy atom. The van der Waals surface area contributed by atoms with Gasteiger partial charge in [0.15, 0.2) is 0 Å². The fourth-order valence-corrected chi connectivity index (χ4v) is 3.01. The Balaban J connectivity index is 2.17. The van der Waals surface area contributed by atoms with Crippen molar-refractivity contribution in [3.05, 3.63) is 0 Å². The maximum Gasteiger partial charge on any atom is 0.329 e. The third-order valence-corrected chi connectivity index (χ3v) is 4.96. The van der Waals surface area contributed by atoms with Gasteiger partial charge in [-0.2, -0.15) is 0 Å². The van der Waals surface area contributed by atoms with E-state index in [-0.39, 0.29) is 17.7 Å². The van der Waals surface area contributed by atoms with Gasteiger partial charge in [0, 0.05) is 6.54 Å². The molecule has 1 saturated heterocycles. The van der Waals surface area contributed by atoms with Crippen LogP contribution in [0, 0.1) is 17.3 Å². The fraction of sp³-hybridized carbons (Fsp3) is 0.857. The molecule has 0 radical (unpaired) electrons. The van der Waals surface area contributed by atoms with Crippen LogP contribution in [0.5, 0.6) is 0 Å². The van der Waals surface area contributed by atoms with E-state index in [1.54, 1.807) is 6.92 Å². The first kappa shape index (κ1) is 14.3. The molecule has 2 fully saturated rings. The van der Waals surface area contributed by atoms with E-state index in [0.29, 0.717) is 6.54 Å². The highest BCUT2D eigenvalue weighted by Crippen LogP contribution is 2.41. The van der Waals surface area contributed by atoms with Crippen molar-refractivity contribution >= 4 is 11.9 Å². The van der Waals surface area contributed by atoms with Crippen LogP contribution in [0.1, 0.15) is 40.0 Å². The molecule has 5 nitrogen and oxygen atoms in total. The van der Waals surface area contributed by atoms with Gasteiger partial charge in [-0.3, -0.25) is 4.79 Å². The van der Waals surface area contributed by atoms with Crippen LogP contribution in [0.2, 0.25) is 0 Å². The lowest BCUT2D eigenvalue weighted by Crippen LogP contribution is -2.59. The molecule has 0 spiro atoms. The molecule has 3 N–H and O–H groups in total. The van der Waals surface area contributed by atoms with Gasteiger partial charge in [-0.1, -0.05) is 13.8 Å². The van der Waals surface area contributed by atoms with Gasteiger partial charge in [-0.05, 0) is 44.6 Å². The molecule has 2 unspecified atom stereocenters. The monoisotopic (exact) mass is 268 g/mol. The SMILES string of the molecule is CC(C)C1(C(=O)NC(C)(C(=O)O)C2CC2)CCNC1. The summed E-state index contributed by atoms with van der Waals surface area (Å²) in [6.07, 6.45) is 2.54. The molecule has 0 bridgehead atoms. The second kappa shape index (κ2) is 4.78. The molecular formula is C14H24N2O3. The molecule has 108 valence electrons. The molecule has 5 heteroatoms. The Kier molecular flexibility index (Phi) is 3.60. The Morgan fingerprint density at radius 2 is 2.05 bits per heavy atom. The molecule has 0 aromatic carbocycles. The third-order valence-electron chi connectivity index (χ3n) is 4.96. The summed E-state index contributed by atoms with van der Waals surface area (Å²) in [7, 11) is 0. The average molecular weight is 268 g/mol. The van der Waals surface area contributed by atoms with Crippen molar-refractivity contribution in [1.29, 1.82) is 0 Å². The van der Waals surface area contributed by atoms with Crippen molar-refractivity contribution in [3.8, 4) is 0 Å². The highest BCUT2D eigenvalue weighted by atomic mass is 16.4. The van der Waals surface area contributed by atoms with Crippen molar-refractivity contribution < 1.29 is 14.7 Å². The number of aliphatic carboxylic acids is 1. The number of carboxylic acid groups (broad SMARTS) is 1. The summed E-state index contributed by atoms with van der Waals surface area (Å²) in [6.45, 7) is 7.15. The summed E-state index contributed by atoms with van der Waals surface area (Å²) in [6, 6.07) is 0. The molecule has 1 aliphatic carbocycles. The first-order chi connectivity index (χ1) is 8.83. The lowest BCUT2D eigenvalue weighted by molar-refractivity contribution is -0.150. The van der Waals surface area contributed by atoms with Crippen LogP contribution >= 0.6 is 0 Å². The number of carbonyl (C=O) groups is 2. The predicted octanol–water partition coefficient (Wildman–Crippen LogP) is 0.992. The summed E-state index contributed by atoms with van der Waals surface area (Å²) < 4.78 is 0. The highest BCUT2D eigenvalue weighted by Gasteiger charge is 2.52. The largest absolute Gasteiger partial charge is 0.480 e. The van der Waals surface area contributed by atoms with E-state index in [1.165, 1.54) is 0 Å². The summed E-state index contributed by atoms with van der Waals surface area (Å²) in [5.74, 6) is -0.759. The van der Waals surface area contributed by atoms with Gasteiger partial charge < -0.3 is 15.7 Å². The molecule has 19 heavy (non-hydrogen) atoms. The predicted molar refractivity (Wildman–Crippen MR) is 71.7 cm³/mol. The minimum Gasteiger partial charge on any atom is -0.480 e. The maximum atomic E-state index is 12.6. The van der Waals surface area contributed by atoms with Gasteiger partial charge in [0.1, 0.15) is 5.54 Å². The number of carbonyl (C=O) groups excluding carboxylic acids is 1. The van der Waals surface area contributed by atoms with Crippen molar-refractivity contribution in [2.24, 2.45) is 17.3 Å². The zero-order valence-electron chi connectivity index (χ0n) is 12.0. The van der Waals surface area contributed by atoms with E-state index in [4.69, 9.17) is 0 Å². The van der Waals surface area contributed by atoms with Gasteiger partial charge >= 0.3 is 5.97 Å². The second-order valence-electron chi connectivity index (χ2n) is 6.47. The molecule has 1 aliphatic heterocycles. The number of rotatable bonds is 5. The minimum atomic E-state index is -1.11. The normalized spacial score (nSPS) is 30.1. The molecule has 1 heterocycles. The third kappa shape index (κ3) is 2.36. The van der Waals surface area contributed by atoms with Crippen LogP contribution in [0.25, 0.3) is 0 Å². The van der Waals surface area contributed by atoms with Crippen molar-refractivity contribution in [2.75, 3.05) is 13.1 Å². The Bertz CT molecular complexity index is 384. The van der Waals surface area contributed by atoms with E-state index in [2.05, 4.69) is 10.6 Å². The fourth-order valence-electron chi connectivity index (χ4n) is 3.01. The number of carboxylic acids is 1. The highest BCUT2D eigenvalue weighted by molar-refractivity contribution is 5.90. The van der Waals surface area contributed by atoms with E-state index in [9.17, 15) is 14.7 Å². The zero-order chi connectivity index (χ0) is 14.3. The van der Waals surface area contributed by atoms with Crippen LogP contribution in [0.15, 0.2) is 0 Å². The molecule has 1 saturated carbocycles. The van der Waals surface area contributed by atoms with Crippen molar-refractivity contribution in [1.82, 2.24) is 10.6 Å². The molecular weight excluding hydrogens is 244 g/mol. The molecule has 0 aromatic rings. The first-order valence-corrected chi connectivity index (χ1v) is 7.09. The van der Waals surface area contributed by atoms with Gasteiger partial charge in [0.25, 0.3) is 0 Å². The maximum absolute atomic E-state index is 12.6. The molecule has 0 aromatic heterocycles. The average Bonchev–Trinajstić information content (AvgIpc) is 3.06. The Labute approximate surface area is 114 Å². The number of hydrogen-bond acceptors (Lipinski definition) is 3. The summed E-state index contributed by atoms with van der Waals surface area (Å²) in [5.41, 5.74) is -1.58. The quantitative estimate of drug-likeness (QED) is 0.695. The molecule has 1 amide bonds. The number of hydrogen-bond donors (Lipinski definition) is 3. The van der Waals surface area contributed by atoms with E-state index in [1.807, 2.05) is 13.8 Å². The Morgan fingerprint density at radius 1 is 1.42 bits per heavy atom. The minimum absolute atomic E-state index is 0.0764. The smallest absolute Gasteiger partial charge is 0.329 e. The zero-order valence-corrected chi connectivity index (χ0v) is 12.0. The first-order valence-electron chi connectivity index (χ1n) is 7.09. The van der Waals surface area contributed by atoms with Crippen LogP contribution in [-0.2, 0) is 9.59 Å². The molecule has 2 atom stereocenters. The van der Waals surface area contributed by atoms with E-state index < -0.39 is 16.9 Å². The summed E-state index contributed by atoms with van der Waals surface area (Å²) in [5, 5.41) is 15.5. The van der Waals surface area contributed by atoms with Crippen molar-refractivity contribution in [3.63, 3.8) is 0 Å². The lowest BCUT2D eigenvalue weighted by Gasteiger charge is -2.36. The number of nitrogens with one attached hydrogen (secondary N) is 2. The standard InChI is InChI=1S/C14H24N2O3/c1-9(2)14(6-7-15-8-14)11(17)16-13(3,12(18)19)10-4-5-10/h9-10,15H,4-8H2,1-3H3,(H,16,17)(H,18,19).